The van der Waals surface area contributed by atoms with Gasteiger partial charge >= 0.3 is 0 Å². The molecule has 0 spiro atoms. The second-order valence-corrected chi connectivity index (χ2v) is 9.26. The molecule has 9 aromatic rings. The van der Waals surface area contributed by atoms with Crippen molar-refractivity contribution in [3.63, 3.8) is 0 Å². The van der Waals surface area contributed by atoms with Crippen molar-refractivity contribution in [1.29, 1.82) is 0 Å². The molecule has 0 aliphatic carbocycles. The summed E-state index contributed by atoms with van der Waals surface area (Å²) in [7, 11) is 0. The van der Waals surface area contributed by atoms with Crippen molar-refractivity contribution in [2.45, 2.75) is 0 Å². The lowest BCUT2D eigenvalue weighted by molar-refractivity contribution is 0.669. The Hall–Kier alpha value is -5.66. The van der Waals surface area contributed by atoms with Crippen molar-refractivity contribution in [1.82, 2.24) is 0 Å². The fourth-order valence-corrected chi connectivity index (χ4v) is 5.14. The molecule has 1 nitrogen and oxygen atoms in total. The average molecular weight is 573 g/mol. The first-order valence-corrected chi connectivity index (χ1v) is 12.7. The van der Waals surface area contributed by atoms with Crippen LogP contribution in [0.25, 0.3) is 87.6 Å². The van der Waals surface area contributed by atoms with Crippen LogP contribution in [0.15, 0.2) is 162 Å². The lowest BCUT2D eigenvalue weighted by Gasteiger charge is -2.18. The Balaban J connectivity index is 1.55. The fourth-order valence-electron chi connectivity index (χ4n) is 5.14. The summed E-state index contributed by atoms with van der Waals surface area (Å²) in [5.41, 5.74) is -5.49. The molecule has 9 rings (SSSR count). The van der Waals surface area contributed by atoms with E-state index in [0.29, 0.717) is 0 Å². The maximum absolute atomic E-state index is 9.55. The normalized spacial score (nSPS) is 20.2. The summed E-state index contributed by atoms with van der Waals surface area (Å²) in [5, 5.41) is -4.92. The highest BCUT2D eigenvalue weighted by molar-refractivity contribution is 6.22. The monoisotopic (exact) mass is 572 g/mol. The van der Waals surface area contributed by atoms with Crippen LogP contribution in [0.3, 0.4) is 0 Å². The van der Waals surface area contributed by atoms with E-state index in [0.717, 1.165) is 0 Å². The summed E-state index contributed by atoms with van der Waals surface area (Å²) < 4.78 is 237. The number of rotatable bonds is 3. The fraction of sp³-hybridized carbons (Fsp3) is 0. The molecule has 0 radical (unpaired) electrons. The van der Waals surface area contributed by atoms with Crippen LogP contribution < -0.4 is 0 Å². The molecule has 0 N–H and O–H groups in total. The standard InChI is InChI=1S/C42H26O/c1-2-11-30-26-31(25-20-27(30)10-1)41-35-14-5-3-12-33(35)40(34-13-4-6-15-36(34)41)29-23-21-28(22-24-29)32-17-9-19-39-42(32)37-16-7-8-18-38(37)43-39/h1-26H/i1D,2D,3D,4D,5D,6D,7D,8D,9D,10D,11D,12D,13D,14D,15D,16D,17D,18D,19D,20D,21D,22D,23D,24D,25D,26D. The summed E-state index contributed by atoms with van der Waals surface area (Å²) in [5.74, 6) is 0. The second kappa shape index (κ2) is 9.44. The molecule has 0 atom stereocenters. The van der Waals surface area contributed by atoms with E-state index < -0.39 is 245 Å². The summed E-state index contributed by atoms with van der Waals surface area (Å²) in [6.07, 6.45) is 0. The minimum absolute atomic E-state index is 0.420. The zero-order valence-corrected chi connectivity index (χ0v) is 21.4. The van der Waals surface area contributed by atoms with Gasteiger partial charge in [0.25, 0.3) is 0 Å². The molecule has 43 heavy (non-hydrogen) atoms. The number of para-hydroxylation sites is 1. The van der Waals surface area contributed by atoms with E-state index in [1.165, 1.54) is 0 Å². The summed E-state index contributed by atoms with van der Waals surface area (Å²) in [6.45, 7) is 0. The van der Waals surface area contributed by atoms with Crippen LogP contribution in [0, 0.1) is 0 Å². The van der Waals surface area contributed by atoms with Crippen LogP contribution in [-0.2, 0) is 0 Å². The average Bonchev–Trinajstić information content (AvgIpc) is 3.72. The van der Waals surface area contributed by atoms with Crippen molar-refractivity contribution < 1.29 is 40.1 Å². The highest BCUT2D eigenvalue weighted by Crippen LogP contribution is 2.45. The van der Waals surface area contributed by atoms with Gasteiger partial charge in [0.2, 0.25) is 0 Å². The van der Waals surface area contributed by atoms with Gasteiger partial charge in [-0.3, -0.25) is 0 Å². The Morgan fingerprint density at radius 3 is 1.58 bits per heavy atom. The van der Waals surface area contributed by atoms with Crippen molar-refractivity contribution in [3.05, 3.63) is 157 Å². The molecule has 1 heteroatoms. The first-order chi connectivity index (χ1) is 32.2. The molecule has 1 aromatic heterocycles. The number of furan rings is 1. The largest absolute Gasteiger partial charge is 0.456 e. The molecule has 0 saturated carbocycles. The molecule has 200 valence electrons. The van der Waals surface area contributed by atoms with E-state index in [1.807, 2.05) is 0 Å². The van der Waals surface area contributed by atoms with Crippen molar-refractivity contribution in [2.24, 2.45) is 0 Å². The van der Waals surface area contributed by atoms with Gasteiger partial charge in [-0.25, -0.2) is 0 Å². The molecule has 0 fully saturated rings. The maximum atomic E-state index is 9.55. The van der Waals surface area contributed by atoms with Gasteiger partial charge in [0.1, 0.15) is 11.2 Å². The number of hydrogen-bond donors (Lipinski definition) is 0. The Labute approximate surface area is 285 Å². The number of hydrogen-bond acceptors (Lipinski definition) is 1. The van der Waals surface area contributed by atoms with E-state index in [1.54, 1.807) is 0 Å². The van der Waals surface area contributed by atoms with Crippen LogP contribution in [0.2, 0.25) is 0 Å². The Morgan fingerprint density at radius 1 is 0.372 bits per heavy atom. The lowest BCUT2D eigenvalue weighted by atomic mass is 9.85. The molecule has 0 saturated heterocycles. The zero-order chi connectivity index (χ0) is 51.0. The molecule has 1 heterocycles. The van der Waals surface area contributed by atoms with Crippen molar-refractivity contribution in [2.75, 3.05) is 0 Å². The topological polar surface area (TPSA) is 13.1 Å². The van der Waals surface area contributed by atoms with Gasteiger partial charge in [-0.05, 0) is 83.8 Å². The summed E-state index contributed by atoms with van der Waals surface area (Å²) in [4.78, 5) is 0. The van der Waals surface area contributed by atoms with Gasteiger partial charge in [-0.2, -0.15) is 0 Å². The van der Waals surface area contributed by atoms with E-state index >= 15 is 0 Å². The van der Waals surface area contributed by atoms with Gasteiger partial charge in [-0.1, -0.05) is 139 Å². The third-order valence-corrected chi connectivity index (χ3v) is 6.95. The zero-order valence-electron chi connectivity index (χ0n) is 47.4. The van der Waals surface area contributed by atoms with Gasteiger partial charge < -0.3 is 4.42 Å². The molecule has 8 aromatic carbocycles. The maximum Gasteiger partial charge on any atom is 0.136 e. The first-order valence-electron chi connectivity index (χ1n) is 25.7. The number of benzene rings is 8. The highest BCUT2D eigenvalue weighted by Gasteiger charge is 2.17. The molecular formula is C42H26O. The van der Waals surface area contributed by atoms with Crippen LogP contribution in [-0.4, -0.2) is 0 Å². The Bertz CT molecular complexity index is 3860. The van der Waals surface area contributed by atoms with Gasteiger partial charge in [0.15, 0.2) is 0 Å². The van der Waals surface area contributed by atoms with Gasteiger partial charge in [0, 0.05) is 10.8 Å². The van der Waals surface area contributed by atoms with Gasteiger partial charge in [0.05, 0.1) is 35.6 Å². The molecule has 0 unspecified atom stereocenters. The van der Waals surface area contributed by atoms with Crippen LogP contribution in [0.5, 0.6) is 0 Å². The van der Waals surface area contributed by atoms with E-state index in [9.17, 15) is 13.7 Å². The Kier molecular flexibility index (Phi) is 2.13. The van der Waals surface area contributed by atoms with Gasteiger partial charge in [-0.15, -0.1) is 0 Å². The first kappa shape index (κ1) is 9.69. The minimum Gasteiger partial charge on any atom is -0.456 e. The number of fused-ring (bicyclic) bond motifs is 6. The van der Waals surface area contributed by atoms with E-state index in [2.05, 4.69) is 0 Å². The molecular weight excluding hydrogens is 520 g/mol. The Morgan fingerprint density at radius 2 is 0.884 bits per heavy atom. The smallest absolute Gasteiger partial charge is 0.136 e. The SMILES string of the molecule is [2H]c1c([2H])c(-c2c([2H])c([2H])c([2H])c3oc4c([2H])c([2H])c([2H])c([2H])c4c23)c([2H])c([2H])c1-c1c2c([2H])c([2H])c([2H])c([2H])c2c(-c2c([2H])c([2H])c3c([2H])c([2H])c([2H])c([2H])c3c2[2H])c2c([2H])c([2H])c([2H])c([2H])c12. The molecule has 0 bridgehead atoms. The summed E-state index contributed by atoms with van der Waals surface area (Å²) in [6, 6.07) is -23.5. The molecule has 0 aliphatic heterocycles. The minimum atomic E-state index is -1.07. The van der Waals surface area contributed by atoms with Crippen LogP contribution >= 0.6 is 0 Å². The predicted octanol–water partition coefficient (Wildman–Crippen LogP) is 12.0. The third kappa shape index (κ3) is 3.72. The van der Waals surface area contributed by atoms with Crippen molar-refractivity contribution >= 4 is 54.3 Å². The van der Waals surface area contributed by atoms with Crippen molar-refractivity contribution in [3.8, 4) is 33.4 Å². The van der Waals surface area contributed by atoms with Crippen LogP contribution in [0.1, 0.15) is 35.6 Å². The lowest BCUT2D eigenvalue weighted by Crippen LogP contribution is -1.91. The summed E-state index contributed by atoms with van der Waals surface area (Å²) >= 11 is 0. The molecule has 0 aliphatic rings. The van der Waals surface area contributed by atoms with E-state index in [-0.39, 0.29) is 0 Å². The second-order valence-electron chi connectivity index (χ2n) is 9.26. The molecule has 0 amide bonds. The third-order valence-electron chi connectivity index (χ3n) is 6.95. The highest BCUT2D eigenvalue weighted by atomic mass is 16.3. The predicted molar refractivity (Wildman–Crippen MR) is 183 cm³/mol. The van der Waals surface area contributed by atoms with E-state index in [4.69, 9.17) is 26.3 Å². The van der Waals surface area contributed by atoms with Crippen LogP contribution in [0.4, 0.5) is 0 Å². The quantitative estimate of drug-likeness (QED) is 0.192.